The summed E-state index contributed by atoms with van der Waals surface area (Å²) in [6.07, 6.45) is 3.49. The van der Waals surface area contributed by atoms with Gasteiger partial charge in [-0.1, -0.05) is 36.4 Å². The molecule has 0 radical (unpaired) electrons. The van der Waals surface area contributed by atoms with Crippen molar-refractivity contribution in [2.75, 3.05) is 50.1 Å². The second-order valence-electron chi connectivity index (χ2n) is 15.4. The predicted octanol–water partition coefficient (Wildman–Crippen LogP) is 4.75. The van der Waals surface area contributed by atoms with E-state index in [0.717, 1.165) is 48.1 Å². The summed E-state index contributed by atoms with van der Waals surface area (Å²) < 4.78 is 21.7. The van der Waals surface area contributed by atoms with Gasteiger partial charge in [0.1, 0.15) is 12.1 Å². The van der Waals surface area contributed by atoms with Gasteiger partial charge >= 0.3 is 29.7 Å². The van der Waals surface area contributed by atoms with Crippen LogP contribution in [0.4, 0.5) is 22.1 Å². The Labute approximate surface area is 339 Å². The van der Waals surface area contributed by atoms with Crippen LogP contribution in [0.15, 0.2) is 36.4 Å². The maximum absolute atomic E-state index is 12.8. The number of nitrogens with zero attached hydrogens (tertiary/aromatic N) is 5. The van der Waals surface area contributed by atoms with E-state index in [-0.39, 0.29) is 68.6 Å². The molecule has 0 spiro atoms. The molecule has 3 aromatic rings. The van der Waals surface area contributed by atoms with Crippen LogP contribution in [0.1, 0.15) is 87.3 Å². The Kier molecular flexibility index (Phi) is 15.2. The number of ether oxygens (including phenoxy) is 4. The quantitative estimate of drug-likeness (QED) is 0.0521. The third kappa shape index (κ3) is 12.5. The Morgan fingerprint density at radius 2 is 1.72 bits per heavy atom. The lowest BCUT2D eigenvalue weighted by atomic mass is 9.91. The monoisotopic (exact) mass is 804 g/mol. The molecule has 0 bridgehead atoms. The molecule has 1 amide bonds. The summed E-state index contributed by atoms with van der Waals surface area (Å²) in [5.74, 6) is -1.41. The van der Waals surface area contributed by atoms with Gasteiger partial charge in [0.25, 0.3) is 0 Å². The highest BCUT2D eigenvalue weighted by atomic mass is 16.6. The molecule has 58 heavy (non-hydrogen) atoms. The number of nitro groups is 1. The first-order valence-corrected chi connectivity index (χ1v) is 19.9. The van der Waals surface area contributed by atoms with Gasteiger partial charge in [-0.25, -0.2) is 4.79 Å². The topological polar surface area (TPSA) is 214 Å². The molecule has 5 rings (SSSR count). The Bertz CT molecular complexity index is 1940. The van der Waals surface area contributed by atoms with Crippen LogP contribution in [0.5, 0.6) is 6.01 Å². The SMILES string of the molecule is CCOC(=O)CNCc1ccc2c(c1)CC(CCCCOc1nc(N)c([N+](=O)[O-])c(N(CC(=O)OCC)Cc3ccc4c(c3)CCN(C(=O)OC(C)(C)C)C4)n1)NC2. The van der Waals surface area contributed by atoms with Crippen molar-refractivity contribution in [2.45, 2.75) is 105 Å². The second kappa shape index (κ2) is 20.2. The van der Waals surface area contributed by atoms with Crippen molar-refractivity contribution < 1.29 is 38.3 Å². The van der Waals surface area contributed by atoms with Gasteiger partial charge in [-0.15, -0.1) is 0 Å². The fraction of sp³-hybridized carbons (Fsp3) is 0.537. The normalized spacial score (nSPS) is 14.8. The molecular weight excluding hydrogens is 748 g/mol. The molecule has 17 nitrogen and oxygen atoms in total. The van der Waals surface area contributed by atoms with Crippen LogP contribution in [-0.2, 0) is 62.8 Å². The van der Waals surface area contributed by atoms with Crippen LogP contribution in [0.2, 0.25) is 0 Å². The zero-order valence-corrected chi connectivity index (χ0v) is 34.1. The molecule has 17 heteroatoms. The van der Waals surface area contributed by atoms with Crippen LogP contribution >= 0.6 is 0 Å². The lowest BCUT2D eigenvalue weighted by Crippen LogP contribution is -2.40. The molecule has 0 saturated heterocycles. The summed E-state index contributed by atoms with van der Waals surface area (Å²) in [6.45, 7) is 11.8. The van der Waals surface area contributed by atoms with Crippen molar-refractivity contribution in [3.8, 4) is 6.01 Å². The van der Waals surface area contributed by atoms with Gasteiger partial charge in [-0.2, -0.15) is 9.97 Å². The third-order valence-electron chi connectivity index (χ3n) is 9.69. The number of carbonyl (C=O) groups excluding carboxylic acids is 3. The molecule has 2 aliphatic heterocycles. The Morgan fingerprint density at radius 3 is 2.47 bits per heavy atom. The first kappa shape index (κ1) is 43.6. The van der Waals surface area contributed by atoms with E-state index in [9.17, 15) is 24.5 Å². The van der Waals surface area contributed by atoms with Gasteiger partial charge < -0.3 is 45.1 Å². The number of esters is 2. The molecule has 1 aromatic heterocycles. The first-order chi connectivity index (χ1) is 27.7. The molecule has 2 aliphatic rings. The molecule has 314 valence electrons. The average Bonchev–Trinajstić information content (AvgIpc) is 3.16. The summed E-state index contributed by atoms with van der Waals surface area (Å²) in [7, 11) is 0. The van der Waals surface area contributed by atoms with Crippen molar-refractivity contribution in [3.63, 3.8) is 0 Å². The van der Waals surface area contributed by atoms with Crippen LogP contribution in [-0.4, -0.2) is 88.9 Å². The largest absolute Gasteiger partial charge is 0.465 e. The number of nitrogen functional groups attached to an aromatic ring is 1. The average molecular weight is 805 g/mol. The van der Waals surface area contributed by atoms with Crippen LogP contribution < -0.4 is 26.0 Å². The number of unbranched alkanes of at least 4 members (excludes halogenated alkanes) is 1. The maximum Gasteiger partial charge on any atom is 0.410 e. The number of benzene rings is 2. The van der Waals surface area contributed by atoms with E-state index in [1.165, 1.54) is 16.0 Å². The van der Waals surface area contributed by atoms with E-state index in [1.54, 1.807) is 18.7 Å². The summed E-state index contributed by atoms with van der Waals surface area (Å²) in [4.78, 5) is 60.5. The van der Waals surface area contributed by atoms with E-state index in [2.05, 4.69) is 38.8 Å². The highest BCUT2D eigenvalue weighted by molar-refractivity contribution is 5.79. The minimum Gasteiger partial charge on any atom is -0.465 e. The summed E-state index contributed by atoms with van der Waals surface area (Å²) in [5, 5.41) is 19.1. The fourth-order valence-electron chi connectivity index (χ4n) is 7.00. The second-order valence-corrected chi connectivity index (χ2v) is 15.4. The van der Waals surface area contributed by atoms with E-state index in [1.807, 2.05) is 39.0 Å². The smallest absolute Gasteiger partial charge is 0.410 e. The Morgan fingerprint density at radius 1 is 1.00 bits per heavy atom. The highest BCUT2D eigenvalue weighted by Crippen LogP contribution is 2.34. The van der Waals surface area contributed by atoms with Crippen molar-refractivity contribution in [1.29, 1.82) is 0 Å². The van der Waals surface area contributed by atoms with Gasteiger partial charge in [0, 0.05) is 38.8 Å². The molecule has 4 N–H and O–H groups in total. The number of aromatic nitrogens is 2. The predicted molar refractivity (Wildman–Crippen MR) is 216 cm³/mol. The number of nitrogens with two attached hydrogens (primary N) is 1. The number of fused-ring (bicyclic) bond motifs is 2. The van der Waals surface area contributed by atoms with Crippen LogP contribution in [0.25, 0.3) is 0 Å². The molecule has 3 heterocycles. The van der Waals surface area contributed by atoms with Crippen molar-refractivity contribution in [1.82, 2.24) is 25.5 Å². The minimum absolute atomic E-state index is 0.0712. The summed E-state index contributed by atoms with van der Waals surface area (Å²) >= 11 is 0. The standard InChI is InChI=1S/C41H56N8O9/c1-6-55-34(50)23-43-21-27-11-13-30-22-44-33(20-32(30)18-27)10-8-9-17-57-39-45-37(42)36(49(53)54)38(46-39)48(26-35(51)56-7-2)24-28-12-14-31-25-47(16-15-29(31)19-28)40(52)58-41(3,4)5/h11-14,18-19,33,43-44H,6-10,15-17,20-26H2,1-5H3,(H2,42,45,46). The van der Waals surface area contributed by atoms with Crippen molar-refractivity contribution in [2.24, 2.45) is 0 Å². The van der Waals surface area contributed by atoms with Crippen molar-refractivity contribution >= 4 is 35.4 Å². The number of anilines is 2. The number of hydrogen-bond donors (Lipinski definition) is 3. The lowest BCUT2D eigenvalue weighted by molar-refractivity contribution is -0.383. The summed E-state index contributed by atoms with van der Waals surface area (Å²) in [6, 6.07) is 12.3. The third-order valence-corrected chi connectivity index (χ3v) is 9.69. The molecule has 0 fully saturated rings. The van der Waals surface area contributed by atoms with Gasteiger partial charge in [-0.05, 0) is 100 Å². The van der Waals surface area contributed by atoms with E-state index in [0.29, 0.717) is 39.1 Å². The molecule has 2 aromatic carbocycles. The van der Waals surface area contributed by atoms with Crippen molar-refractivity contribution in [3.05, 3.63) is 79.9 Å². The first-order valence-electron chi connectivity index (χ1n) is 19.9. The van der Waals surface area contributed by atoms with E-state index >= 15 is 0 Å². The highest BCUT2D eigenvalue weighted by Gasteiger charge is 2.31. The zero-order chi connectivity index (χ0) is 41.8. The van der Waals surface area contributed by atoms with Gasteiger partial charge in [0.2, 0.25) is 11.6 Å². The molecule has 0 aliphatic carbocycles. The Hall–Kier alpha value is -5.55. The number of carbonyl (C=O) groups is 3. The number of rotatable bonds is 18. The summed E-state index contributed by atoms with van der Waals surface area (Å²) in [5.41, 5.74) is 11.4. The van der Waals surface area contributed by atoms with Crippen LogP contribution in [0.3, 0.4) is 0 Å². The zero-order valence-electron chi connectivity index (χ0n) is 34.1. The van der Waals surface area contributed by atoms with Gasteiger partial charge in [-0.3, -0.25) is 19.7 Å². The minimum atomic E-state index is -0.664. The molecule has 1 atom stereocenters. The van der Waals surface area contributed by atoms with E-state index in [4.69, 9.17) is 24.7 Å². The maximum atomic E-state index is 12.8. The molecule has 0 saturated carbocycles. The number of hydrogen-bond acceptors (Lipinski definition) is 15. The number of nitrogens with one attached hydrogen (secondary N) is 2. The molecule has 1 unspecified atom stereocenters. The van der Waals surface area contributed by atoms with E-state index < -0.39 is 22.2 Å². The van der Waals surface area contributed by atoms with Gasteiger partial charge in [0.15, 0.2) is 0 Å². The van der Waals surface area contributed by atoms with Gasteiger partial charge in [0.05, 0.1) is 31.3 Å². The fourth-order valence-corrected chi connectivity index (χ4v) is 7.00. The Balaban J connectivity index is 1.21. The molecular formula is C41H56N8O9. The van der Waals surface area contributed by atoms with Crippen LogP contribution in [0, 0.1) is 10.1 Å². The number of amides is 1. The lowest BCUT2D eigenvalue weighted by Gasteiger charge is -2.31.